The Morgan fingerprint density at radius 2 is 1.34 bits per heavy atom. The number of alkyl halides is 2. The van der Waals surface area contributed by atoms with Crippen molar-refractivity contribution >= 4 is 34.8 Å². The third-order valence-corrected chi connectivity index (χ3v) is 10.7. The number of pyridine rings is 2. The Hall–Kier alpha value is -4.82. The van der Waals surface area contributed by atoms with Crippen LogP contribution in [0.15, 0.2) is 73.1 Å². The Balaban J connectivity index is 0.000000198. The van der Waals surface area contributed by atoms with Gasteiger partial charge in [0.2, 0.25) is 0 Å². The second kappa shape index (κ2) is 18.6. The highest BCUT2D eigenvalue weighted by atomic mass is 35.5. The van der Waals surface area contributed by atoms with Gasteiger partial charge in [-0.15, -0.1) is 0 Å². The quantitative estimate of drug-likeness (QED) is 0.0894. The second-order valence-electron chi connectivity index (χ2n) is 16.5. The number of hydrogen-bond acceptors (Lipinski definition) is 10. The average molecular weight is 841 g/mol. The number of rotatable bonds is 11. The lowest BCUT2D eigenvalue weighted by molar-refractivity contribution is -0.155. The van der Waals surface area contributed by atoms with Gasteiger partial charge in [0.1, 0.15) is 29.3 Å². The summed E-state index contributed by atoms with van der Waals surface area (Å²) in [5.41, 5.74) is 8.30. The van der Waals surface area contributed by atoms with Crippen LogP contribution >= 0.6 is 11.6 Å². The van der Waals surface area contributed by atoms with Gasteiger partial charge in [-0.25, -0.2) is 27.5 Å². The zero-order valence-electron chi connectivity index (χ0n) is 34.1. The van der Waals surface area contributed by atoms with E-state index in [0.717, 1.165) is 35.5 Å². The van der Waals surface area contributed by atoms with Crippen molar-refractivity contribution in [3.8, 4) is 11.5 Å². The molecule has 2 N–H and O–H groups in total. The number of anilines is 3. The van der Waals surface area contributed by atoms with Gasteiger partial charge in [0.05, 0.1) is 37.4 Å². The number of carbonyl (C=O) groups excluding carboxylic acids is 1. The highest BCUT2D eigenvalue weighted by Crippen LogP contribution is 2.35. The Morgan fingerprint density at radius 1 is 0.814 bits per heavy atom. The summed E-state index contributed by atoms with van der Waals surface area (Å²) in [4.78, 5) is 24.9. The number of halogens is 5. The molecule has 4 atom stereocenters. The molecular weight excluding hydrogens is 788 g/mol. The number of aromatic nitrogens is 2. The summed E-state index contributed by atoms with van der Waals surface area (Å²) in [6.45, 7) is 11.5. The third-order valence-electron chi connectivity index (χ3n) is 10.5. The summed E-state index contributed by atoms with van der Waals surface area (Å²) in [5.74, 6) is -2.50. The van der Waals surface area contributed by atoms with Crippen LogP contribution in [0.1, 0.15) is 83.4 Å². The van der Waals surface area contributed by atoms with Crippen molar-refractivity contribution in [3.63, 3.8) is 0 Å². The van der Waals surface area contributed by atoms with Gasteiger partial charge >= 0.3 is 5.97 Å². The van der Waals surface area contributed by atoms with E-state index in [1.807, 2.05) is 92.9 Å². The van der Waals surface area contributed by atoms with Crippen LogP contribution in [-0.4, -0.2) is 78.9 Å². The molecule has 0 bridgehead atoms. The van der Waals surface area contributed by atoms with E-state index in [1.54, 1.807) is 12.1 Å². The number of carbonyl (C=O) groups is 1. The number of nitrogens with two attached hydrogens (primary N) is 1. The molecule has 0 aliphatic carbocycles. The maximum atomic E-state index is 15.1. The molecule has 3 aliphatic heterocycles. The second-order valence-corrected chi connectivity index (χ2v) is 16.9. The molecule has 0 amide bonds. The molecule has 318 valence electrons. The van der Waals surface area contributed by atoms with Crippen LogP contribution in [0.4, 0.5) is 34.8 Å². The van der Waals surface area contributed by atoms with Gasteiger partial charge < -0.3 is 34.6 Å². The van der Waals surface area contributed by atoms with Crippen LogP contribution in [0.25, 0.3) is 0 Å². The molecule has 0 unspecified atom stereocenters. The van der Waals surface area contributed by atoms with Gasteiger partial charge in [-0.1, -0.05) is 42.8 Å². The zero-order valence-corrected chi connectivity index (χ0v) is 34.9. The molecule has 59 heavy (non-hydrogen) atoms. The van der Waals surface area contributed by atoms with Gasteiger partial charge in [0.25, 0.3) is 5.92 Å². The standard InChI is InChI=1S/C23H28ClFN2O3.C21H25F3N4O/c1-15(13-20(28)30-23(2,3)4)16-5-7-17(8-6-16)29-18-10-12-27(14-18)19-9-11-26-22(24)21(19)25;1-14(25)15-2-4-16(5-3-15)29-17-7-10-27(12-17)18-6-9-26-20(19(18)22)28-11-8-21(23,24)13-28/h5-9,11,15,18H,10,12-14H2,1-4H3;2-6,9,14,17H,7-8,10-13,25H2,1H3/t15-,18-;14-,17+/m10/s1. The van der Waals surface area contributed by atoms with Gasteiger partial charge in [-0.2, -0.15) is 0 Å². The summed E-state index contributed by atoms with van der Waals surface area (Å²) in [5, 5.41) is -0.118. The van der Waals surface area contributed by atoms with Gasteiger partial charge in [0.15, 0.2) is 22.6 Å². The minimum atomic E-state index is -2.80. The SMILES string of the molecule is C[C@H](CC(=O)OC(C)(C)C)c1ccc(O[C@@H]2CCN(c3ccnc(Cl)c3F)C2)cc1.C[C@H](N)c1ccc(O[C@@H]2CCN(c3ccnc(N4CCC(F)(F)C4)c3F)C2)cc1. The zero-order chi connectivity index (χ0) is 42.5. The lowest BCUT2D eigenvalue weighted by Crippen LogP contribution is -2.28. The van der Waals surface area contributed by atoms with Crippen LogP contribution in [0.3, 0.4) is 0 Å². The molecule has 3 fully saturated rings. The van der Waals surface area contributed by atoms with E-state index in [0.29, 0.717) is 44.0 Å². The van der Waals surface area contributed by atoms with Crippen molar-refractivity contribution in [2.24, 2.45) is 5.73 Å². The number of esters is 1. The molecule has 5 heterocycles. The first-order chi connectivity index (χ1) is 27.9. The van der Waals surface area contributed by atoms with E-state index < -0.39 is 29.7 Å². The lowest BCUT2D eigenvalue weighted by atomic mass is 9.98. The summed E-state index contributed by atoms with van der Waals surface area (Å²) in [7, 11) is 0. The molecule has 2 aromatic heterocycles. The summed E-state index contributed by atoms with van der Waals surface area (Å²) in [6.07, 6.45) is 4.44. The fourth-order valence-electron chi connectivity index (χ4n) is 7.40. The van der Waals surface area contributed by atoms with Crippen molar-refractivity contribution < 1.29 is 36.6 Å². The number of ether oxygens (including phenoxy) is 3. The fourth-order valence-corrected chi connectivity index (χ4v) is 7.56. The Morgan fingerprint density at radius 3 is 1.85 bits per heavy atom. The molecule has 2 aromatic carbocycles. The van der Waals surface area contributed by atoms with E-state index in [-0.39, 0.29) is 54.1 Å². The monoisotopic (exact) mass is 840 g/mol. The van der Waals surface area contributed by atoms with Crippen LogP contribution in [-0.2, 0) is 9.53 Å². The molecule has 0 saturated carbocycles. The van der Waals surface area contributed by atoms with E-state index in [1.165, 1.54) is 17.3 Å². The topological polar surface area (TPSA) is 106 Å². The van der Waals surface area contributed by atoms with E-state index in [9.17, 15) is 18.0 Å². The predicted octanol–water partition coefficient (Wildman–Crippen LogP) is 9.11. The molecule has 0 radical (unpaired) electrons. The molecule has 0 spiro atoms. The van der Waals surface area contributed by atoms with Crippen LogP contribution in [0.5, 0.6) is 11.5 Å². The van der Waals surface area contributed by atoms with Crippen molar-refractivity contribution in [1.82, 2.24) is 9.97 Å². The minimum Gasteiger partial charge on any atom is -0.489 e. The maximum Gasteiger partial charge on any atom is 0.306 e. The Labute approximate surface area is 348 Å². The normalized spacial score (nSPS) is 19.9. The third kappa shape index (κ3) is 11.7. The summed E-state index contributed by atoms with van der Waals surface area (Å²) >= 11 is 5.79. The fraction of sp³-hybridized carbons (Fsp3) is 0.477. The highest BCUT2D eigenvalue weighted by molar-refractivity contribution is 6.29. The molecule has 3 aliphatic rings. The molecule has 10 nitrogen and oxygen atoms in total. The van der Waals surface area contributed by atoms with Crippen LogP contribution < -0.4 is 29.9 Å². The number of hydrogen-bond donors (Lipinski definition) is 1. The lowest BCUT2D eigenvalue weighted by Gasteiger charge is -2.23. The van der Waals surface area contributed by atoms with E-state index >= 15 is 4.39 Å². The predicted molar refractivity (Wildman–Crippen MR) is 222 cm³/mol. The first kappa shape index (κ1) is 43.8. The van der Waals surface area contributed by atoms with Gasteiger partial charge in [-0.05, 0) is 81.1 Å². The molecule has 4 aromatic rings. The molecular formula is C44H53ClF4N6O4. The van der Waals surface area contributed by atoms with E-state index in [2.05, 4.69) is 9.97 Å². The number of benzene rings is 2. The van der Waals surface area contributed by atoms with Gasteiger partial charge in [0, 0.05) is 57.3 Å². The summed E-state index contributed by atoms with van der Waals surface area (Å²) < 4.78 is 73.8. The highest BCUT2D eigenvalue weighted by Gasteiger charge is 2.40. The van der Waals surface area contributed by atoms with Crippen molar-refractivity contribution in [1.29, 1.82) is 0 Å². The van der Waals surface area contributed by atoms with Crippen molar-refractivity contribution in [2.75, 3.05) is 54.0 Å². The maximum absolute atomic E-state index is 15.1. The Bertz CT molecular complexity index is 2040. The van der Waals surface area contributed by atoms with Crippen molar-refractivity contribution in [2.45, 2.75) is 96.0 Å². The average Bonchev–Trinajstić information content (AvgIpc) is 3.93. The van der Waals surface area contributed by atoms with Crippen molar-refractivity contribution in [3.05, 3.63) is 101 Å². The largest absolute Gasteiger partial charge is 0.489 e. The first-order valence-corrected chi connectivity index (χ1v) is 20.4. The molecule has 15 heteroatoms. The van der Waals surface area contributed by atoms with Crippen LogP contribution in [0, 0.1) is 11.6 Å². The van der Waals surface area contributed by atoms with Crippen LogP contribution in [0.2, 0.25) is 5.15 Å². The molecule has 3 saturated heterocycles. The van der Waals surface area contributed by atoms with E-state index in [4.69, 9.17) is 31.5 Å². The smallest absolute Gasteiger partial charge is 0.306 e. The van der Waals surface area contributed by atoms with Gasteiger partial charge in [-0.3, -0.25) is 4.79 Å². The number of nitrogens with zero attached hydrogens (tertiary/aromatic N) is 5. The first-order valence-electron chi connectivity index (χ1n) is 20.0. The Kier molecular flexibility index (Phi) is 13.8. The molecule has 7 rings (SSSR count). The minimum absolute atomic E-state index is 0.00413. The summed E-state index contributed by atoms with van der Waals surface area (Å²) in [6, 6.07) is 18.6.